The van der Waals surface area contributed by atoms with Gasteiger partial charge in [0.2, 0.25) is 0 Å². The largest absolute Gasteiger partial charge is 0.265 e. The van der Waals surface area contributed by atoms with Crippen molar-refractivity contribution in [1.82, 2.24) is 24.7 Å². The average molecular weight is 325 g/mol. The maximum atomic E-state index is 4.74. The monoisotopic (exact) mass is 325 g/mol. The highest BCUT2D eigenvalue weighted by molar-refractivity contribution is 7.98. The van der Waals surface area contributed by atoms with Crippen LogP contribution in [-0.4, -0.2) is 24.7 Å². The zero-order valence-electron chi connectivity index (χ0n) is 13.5. The third kappa shape index (κ3) is 3.59. The van der Waals surface area contributed by atoms with Crippen LogP contribution in [0.15, 0.2) is 47.9 Å². The van der Waals surface area contributed by atoms with Crippen LogP contribution in [0.2, 0.25) is 0 Å². The van der Waals surface area contributed by atoms with Crippen molar-refractivity contribution in [2.75, 3.05) is 0 Å². The molecule has 3 aromatic heterocycles. The second-order valence-electron chi connectivity index (χ2n) is 5.59. The molecule has 6 heteroatoms. The molecule has 118 valence electrons. The molecule has 0 fully saturated rings. The quantitative estimate of drug-likeness (QED) is 0.668. The summed E-state index contributed by atoms with van der Waals surface area (Å²) in [6.45, 7) is 6.26. The fourth-order valence-electron chi connectivity index (χ4n) is 2.18. The Balaban J connectivity index is 1.93. The van der Waals surface area contributed by atoms with Crippen molar-refractivity contribution in [2.45, 2.75) is 37.3 Å². The highest BCUT2D eigenvalue weighted by Gasteiger charge is 2.15. The van der Waals surface area contributed by atoms with Crippen LogP contribution in [0.25, 0.3) is 5.69 Å². The number of aromatic nitrogens is 5. The van der Waals surface area contributed by atoms with E-state index in [-0.39, 0.29) is 0 Å². The van der Waals surface area contributed by atoms with Gasteiger partial charge in [0.25, 0.3) is 0 Å². The Morgan fingerprint density at radius 1 is 1.09 bits per heavy atom. The van der Waals surface area contributed by atoms with Crippen LogP contribution in [-0.2, 0) is 5.75 Å². The van der Waals surface area contributed by atoms with E-state index in [9.17, 15) is 0 Å². The number of nitrogens with zero attached hydrogens (tertiary/aromatic N) is 5. The molecule has 0 bridgehead atoms. The van der Waals surface area contributed by atoms with Gasteiger partial charge < -0.3 is 0 Å². The molecule has 0 aliphatic heterocycles. The molecule has 0 aliphatic rings. The van der Waals surface area contributed by atoms with Crippen molar-refractivity contribution in [3.63, 3.8) is 0 Å². The minimum absolute atomic E-state index is 0.295. The SMILES string of the molecule is Cc1cnccc1-n1nc(C(C)C)nc1CSc1ccncc1. The molecule has 0 unspecified atom stereocenters. The molecule has 0 aliphatic carbocycles. The van der Waals surface area contributed by atoms with Gasteiger partial charge in [0.15, 0.2) is 5.82 Å². The molecule has 3 aromatic rings. The van der Waals surface area contributed by atoms with E-state index in [2.05, 4.69) is 23.8 Å². The van der Waals surface area contributed by atoms with Gasteiger partial charge in [-0.1, -0.05) is 13.8 Å². The van der Waals surface area contributed by atoms with Crippen molar-refractivity contribution >= 4 is 11.8 Å². The molecule has 3 rings (SSSR count). The van der Waals surface area contributed by atoms with E-state index in [4.69, 9.17) is 10.1 Å². The van der Waals surface area contributed by atoms with E-state index in [1.165, 1.54) is 4.90 Å². The predicted octanol–water partition coefficient (Wildman–Crippen LogP) is 3.78. The first-order chi connectivity index (χ1) is 11.1. The standard InChI is InChI=1S/C17H19N5S/c1-12(2)17-20-16(11-23-14-4-7-18-8-5-14)22(21-17)15-6-9-19-10-13(15)3/h4-10,12H,11H2,1-3H3. The van der Waals surface area contributed by atoms with Crippen molar-refractivity contribution in [1.29, 1.82) is 0 Å². The molecule has 0 spiro atoms. The maximum Gasteiger partial charge on any atom is 0.153 e. The second-order valence-corrected chi connectivity index (χ2v) is 6.64. The van der Waals surface area contributed by atoms with Gasteiger partial charge in [-0.2, -0.15) is 5.10 Å². The highest BCUT2D eigenvalue weighted by Crippen LogP contribution is 2.24. The summed E-state index contributed by atoms with van der Waals surface area (Å²) in [6.07, 6.45) is 7.25. The fraction of sp³-hybridized carbons (Fsp3) is 0.294. The Labute approximate surface area is 140 Å². The van der Waals surface area contributed by atoms with Gasteiger partial charge in [0.1, 0.15) is 5.82 Å². The molecule has 0 atom stereocenters. The smallest absolute Gasteiger partial charge is 0.153 e. The molecule has 0 amide bonds. The van der Waals surface area contributed by atoms with Crippen LogP contribution in [0.5, 0.6) is 0 Å². The van der Waals surface area contributed by atoms with Crippen LogP contribution < -0.4 is 0 Å². The third-order valence-corrected chi connectivity index (χ3v) is 4.45. The summed E-state index contributed by atoms with van der Waals surface area (Å²) in [4.78, 5) is 14.1. The molecular weight excluding hydrogens is 306 g/mol. The van der Waals surface area contributed by atoms with Gasteiger partial charge in [-0.3, -0.25) is 9.97 Å². The topological polar surface area (TPSA) is 56.5 Å². The Morgan fingerprint density at radius 2 is 1.83 bits per heavy atom. The zero-order chi connectivity index (χ0) is 16.2. The lowest BCUT2D eigenvalue weighted by Gasteiger charge is -2.08. The Kier molecular flexibility index (Phi) is 4.71. The lowest BCUT2D eigenvalue weighted by atomic mass is 10.2. The van der Waals surface area contributed by atoms with Gasteiger partial charge >= 0.3 is 0 Å². The van der Waals surface area contributed by atoms with Crippen LogP contribution in [0.1, 0.15) is 37.0 Å². The third-order valence-electron chi connectivity index (χ3n) is 3.44. The van der Waals surface area contributed by atoms with Gasteiger partial charge in [-0.25, -0.2) is 9.67 Å². The van der Waals surface area contributed by atoms with E-state index in [0.29, 0.717) is 5.92 Å². The maximum absolute atomic E-state index is 4.74. The second kappa shape index (κ2) is 6.91. The fourth-order valence-corrected chi connectivity index (χ4v) is 2.98. The number of thioether (sulfide) groups is 1. The average Bonchev–Trinajstić information content (AvgIpc) is 2.99. The lowest BCUT2D eigenvalue weighted by Crippen LogP contribution is -2.04. The van der Waals surface area contributed by atoms with Gasteiger partial charge in [0.05, 0.1) is 11.4 Å². The minimum atomic E-state index is 0.295. The van der Waals surface area contributed by atoms with Gasteiger partial charge in [-0.15, -0.1) is 11.8 Å². The predicted molar refractivity (Wildman–Crippen MR) is 91.8 cm³/mol. The first-order valence-corrected chi connectivity index (χ1v) is 8.53. The van der Waals surface area contributed by atoms with Crippen molar-refractivity contribution < 1.29 is 0 Å². The summed E-state index contributed by atoms with van der Waals surface area (Å²) >= 11 is 1.73. The van der Waals surface area contributed by atoms with E-state index in [1.54, 1.807) is 30.4 Å². The lowest BCUT2D eigenvalue weighted by molar-refractivity contribution is 0.748. The summed E-state index contributed by atoms with van der Waals surface area (Å²) in [5.41, 5.74) is 2.12. The molecule has 0 saturated carbocycles. The van der Waals surface area contributed by atoms with E-state index < -0.39 is 0 Å². The molecule has 0 radical (unpaired) electrons. The molecule has 3 heterocycles. The molecule has 0 N–H and O–H groups in total. The molecule has 0 saturated heterocycles. The van der Waals surface area contributed by atoms with E-state index in [0.717, 1.165) is 28.7 Å². The molecular formula is C17H19N5S. The first kappa shape index (κ1) is 15.7. The molecule has 23 heavy (non-hydrogen) atoms. The highest BCUT2D eigenvalue weighted by atomic mass is 32.2. The zero-order valence-corrected chi connectivity index (χ0v) is 14.3. The van der Waals surface area contributed by atoms with Crippen LogP contribution >= 0.6 is 11.8 Å². The van der Waals surface area contributed by atoms with Gasteiger partial charge in [0, 0.05) is 35.6 Å². The van der Waals surface area contributed by atoms with Crippen molar-refractivity contribution in [3.8, 4) is 5.69 Å². The van der Waals surface area contributed by atoms with Crippen LogP contribution in [0.3, 0.4) is 0 Å². The number of aryl methyl sites for hydroxylation is 1. The number of pyridine rings is 2. The summed E-state index contributed by atoms with van der Waals surface area (Å²) < 4.78 is 1.94. The summed E-state index contributed by atoms with van der Waals surface area (Å²) in [5, 5.41) is 4.71. The van der Waals surface area contributed by atoms with E-state index >= 15 is 0 Å². The summed E-state index contributed by atoms with van der Waals surface area (Å²) in [5.74, 6) is 2.87. The number of hydrogen-bond acceptors (Lipinski definition) is 5. The summed E-state index contributed by atoms with van der Waals surface area (Å²) in [6, 6.07) is 5.99. The van der Waals surface area contributed by atoms with Crippen molar-refractivity contribution in [3.05, 3.63) is 60.2 Å². The Bertz CT molecular complexity index is 783. The molecule has 5 nitrogen and oxygen atoms in total. The number of hydrogen-bond donors (Lipinski definition) is 0. The van der Waals surface area contributed by atoms with Crippen LogP contribution in [0, 0.1) is 6.92 Å². The number of rotatable bonds is 5. The van der Waals surface area contributed by atoms with Crippen LogP contribution in [0.4, 0.5) is 0 Å². The molecule has 0 aromatic carbocycles. The minimum Gasteiger partial charge on any atom is -0.265 e. The Morgan fingerprint density at radius 3 is 2.52 bits per heavy atom. The first-order valence-electron chi connectivity index (χ1n) is 7.55. The normalized spacial score (nSPS) is 11.1. The summed E-state index contributed by atoms with van der Waals surface area (Å²) in [7, 11) is 0. The van der Waals surface area contributed by atoms with Gasteiger partial charge in [-0.05, 0) is 30.7 Å². The van der Waals surface area contributed by atoms with E-state index in [1.807, 2.05) is 36.0 Å². The Hall–Kier alpha value is -2.21. The van der Waals surface area contributed by atoms with Crippen molar-refractivity contribution in [2.24, 2.45) is 0 Å².